The van der Waals surface area contributed by atoms with Crippen molar-refractivity contribution in [3.8, 4) is 0 Å². The van der Waals surface area contributed by atoms with E-state index in [0.717, 1.165) is 69.8 Å². The van der Waals surface area contributed by atoms with Gasteiger partial charge in [0.05, 0.1) is 23.2 Å². The highest BCUT2D eigenvalue weighted by atomic mass is 16.5. The van der Waals surface area contributed by atoms with Crippen LogP contribution in [0.3, 0.4) is 0 Å². The van der Waals surface area contributed by atoms with E-state index in [4.69, 9.17) is 9.84 Å². The van der Waals surface area contributed by atoms with Gasteiger partial charge in [0.1, 0.15) is 5.60 Å². The minimum Gasteiger partial charge on any atom is -0.481 e. The second-order valence-electron chi connectivity index (χ2n) is 13.9. The molecule has 5 unspecified atom stereocenters. The van der Waals surface area contributed by atoms with Gasteiger partial charge in [0.25, 0.3) is 0 Å². The molecule has 0 aromatic heterocycles. The number of unbranched alkanes of at least 4 members (excludes halogenated alkanes) is 5. The van der Waals surface area contributed by atoms with Crippen molar-refractivity contribution in [2.45, 2.75) is 181 Å². The summed E-state index contributed by atoms with van der Waals surface area (Å²) in [5.74, 6) is -1.12. The van der Waals surface area contributed by atoms with Crippen LogP contribution in [0.5, 0.6) is 0 Å². The van der Waals surface area contributed by atoms with Gasteiger partial charge in [0.15, 0.2) is 0 Å². The second-order valence-corrected chi connectivity index (χ2v) is 13.9. The van der Waals surface area contributed by atoms with Gasteiger partial charge in [-0.05, 0) is 134 Å². The van der Waals surface area contributed by atoms with E-state index in [1.54, 1.807) is 6.92 Å². The molecule has 1 aliphatic heterocycles. The Morgan fingerprint density at radius 3 is 2.46 bits per heavy atom. The maximum Gasteiger partial charge on any atom is 0.306 e. The highest BCUT2D eigenvalue weighted by Crippen LogP contribution is 2.51. The molecule has 2 rings (SSSR count). The van der Waals surface area contributed by atoms with Crippen LogP contribution >= 0.6 is 0 Å². The quantitative estimate of drug-likeness (QED) is 0.106. The van der Waals surface area contributed by atoms with E-state index in [-0.39, 0.29) is 17.1 Å². The molecular formula is C36H62O5. The Morgan fingerprint density at radius 2 is 1.78 bits per heavy atom. The molecule has 0 bridgehead atoms. The fraction of sp³-hybridized carbons (Fsp3) is 0.806. The maximum atomic E-state index is 11.0. The van der Waals surface area contributed by atoms with E-state index < -0.39 is 17.7 Å². The molecule has 3 N–H and O–H groups in total. The number of rotatable bonds is 19. The lowest BCUT2D eigenvalue weighted by Crippen LogP contribution is -2.51. The summed E-state index contributed by atoms with van der Waals surface area (Å²) < 4.78 is 7.16. The molecule has 2 aliphatic rings. The fourth-order valence-corrected chi connectivity index (χ4v) is 6.77. The molecule has 5 atom stereocenters. The number of allylic oxidation sites excluding steroid dienone is 2. The number of hydrogen-bond acceptors (Lipinski definition) is 4. The third-order valence-corrected chi connectivity index (χ3v) is 9.97. The number of fused-ring (bicyclic) bond motifs is 1. The molecule has 1 heterocycles. The third kappa shape index (κ3) is 11.0. The average molecular weight is 575 g/mol. The van der Waals surface area contributed by atoms with Crippen molar-refractivity contribution >= 4 is 5.97 Å². The number of carbonyl (C=O) groups is 1. The lowest BCUT2D eigenvalue weighted by atomic mass is 9.69. The van der Waals surface area contributed by atoms with Crippen molar-refractivity contribution in [2.75, 3.05) is 0 Å². The first kappa shape index (κ1) is 35.8. The summed E-state index contributed by atoms with van der Waals surface area (Å²) in [5.41, 5.74) is 3.61. The zero-order valence-electron chi connectivity index (χ0n) is 27.5. The lowest BCUT2D eigenvalue weighted by Gasteiger charge is -2.52. The summed E-state index contributed by atoms with van der Waals surface area (Å²) >= 11 is 0. The lowest BCUT2D eigenvalue weighted by molar-refractivity contribution is -0.145. The van der Waals surface area contributed by atoms with Gasteiger partial charge in [-0.1, -0.05) is 57.6 Å². The number of carboxylic acids is 1. The average Bonchev–Trinajstić information content (AvgIpc) is 2.90. The molecule has 0 saturated carbocycles. The standard InChI is InChI=1S/C36H62O5/c1-8-9-10-11-12-13-24-36-30(5)29(4)32(37)26-31(36)20-25-35(7,41-36)23-15-18-27(2)17-14-21-34(6,40)22-16-19-28(3)33(38)39/h18,26,28,32,37,40H,8-17,19-25H2,1-7H3,(H,38,39). The monoisotopic (exact) mass is 574 g/mol. The van der Waals surface area contributed by atoms with Crippen LogP contribution in [0.4, 0.5) is 0 Å². The zero-order valence-corrected chi connectivity index (χ0v) is 27.5. The molecule has 0 aromatic rings. The summed E-state index contributed by atoms with van der Waals surface area (Å²) in [6.07, 6.45) is 21.0. The number of aliphatic hydroxyl groups excluding tert-OH is 1. The van der Waals surface area contributed by atoms with Crippen molar-refractivity contribution in [1.82, 2.24) is 0 Å². The zero-order chi connectivity index (χ0) is 30.7. The highest BCUT2D eigenvalue weighted by molar-refractivity contribution is 5.69. The summed E-state index contributed by atoms with van der Waals surface area (Å²) in [6.45, 7) is 14.6. The van der Waals surface area contributed by atoms with Crippen LogP contribution in [0.1, 0.15) is 158 Å². The number of carboxylic acid groups (broad SMARTS) is 1. The largest absolute Gasteiger partial charge is 0.481 e. The molecule has 1 aliphatic carbocycles. The van der Waals surface area contributed by atoms with Gasteiger partial charge in [-0.15, -0.1) is 0 Å². The van der Waals surface area contributed by atoms with Crippen LogP contribution < -0.4 is 0 Å². The Bertz CT molecular complexity index is 928. The molecular weight excluding hydrogens is 512 g/mol. The molecule has 0 spiro atoms. The van der Waals surface area contributed by atoms with Crippen LogP contribution in [0.15, 0.2) is 34.4 Å². The SMILES string of the molecule is CCCCCCCCC12OC(C)(CCC=C(C)CCCC(C)(O)CCCC(C)C(=O)O)CCC1=CC(O)C(C)=C2C. The normalized spacial score (nSPS) is 27.3. The van der Waals surface area contributed by atoms with Crippen LogP contribution in [-0.2, 0) is 9.53 Å². The Morgan fingerprint density at radius 1 is 1.12 bits per heavy atom. The first-order valence-electron chi connectivity index (χ1n) is 16.6. The molecule has 5 nitrogen and oxygen atoms in total. The number of aliphatic hydroxyl groups is 2. The predicted molar refractivity (Wildman–Crippen MR) is 170 cm³/mol. The van der Waals surface area contributed by atoms with E-state index in [2.05, 4.69) is 46.8 Å². The molecule has 0 radical (unpaired) electrons. The smallest absolute Gasteiger partial charge is 0.306 e. The van der Waals surface area contributed by atoms with Crippen molar-refractivity contribution in [3.63, 3.8) is 0 Å². The Balaban J connectivity index is 1.91. The van der Waals surface area contributed by atoms with Gasteiger partial charge in [-0.2, -0.15) is 0 Å². The van der Waals surface area contributed by atoms with Crippen LogP contribution in [0.2, 0.25) is 0 Å². The Labute approximate surface area is 251 Å². The summed E-state index contributed by atoms with van der Waals surface area (Å²) in [7, 11) is 0. The van der Waals surface area contributed by atoms with Crippen molar-refractivity contribution in [3.05, 3.63) is 34.4 Å². The van der Waals surface area contributed by atoms with Crippen molar-refractivity contribution in [2.24, 2.45) is 5.92 Å². The summed E-state index contributed by atoms with van der Waals surface area (Å²) in [4.78, 5) is 11.0. The Kier molecular flexibility index (Phi) is 14.3. The first-order valence-corrected chi connectivity index (χ1v) is 16.6. The number of aliphatic carboxylic acids is 1. The van der Waals surface area contributed by atoms with E-state index in [9.17, 15) is 15.0 Å². The summed E-state index contributed by atoms with van der Waals surface area (Å²) in [5, 5.41) is 30.5. The van der Waals surface area contributed by atoms with Crippen LogP contribution in [0.25, 0.3) is 0 Å². The predicted octanol–water partition coefficient (Wildman–Crippen LogP) is 9.22. The van der Waals surface area contributed by atoms with E-state index in [0.29, 0.717) is 12.8 Å². The van der Waals surface area contributed by atoms with E-state index in [1.165, 1.54) is 48.8 Å². The van der Waals surface area contributed by atoms with Gasteiger partial charge in [0.2, 0.25) is 0 Å². The minimum atomic E-state index is -0.762. The number of ether oxygens (including phenoxy) is 1. The molecule has 41 heavy (non-hydrogen) atoms. The molecule has 1 fully saturated rings. The van der Waals surface area contributed by atoms with Gasteiger partial charge in [-0.25, -0.2) is 0 Å². The third-order valence-electron chi connectivity index (χ3n) is 9.97. The van der Waals surface area contributed by atoms with Crippen LogP contribution in [0, 0.1) is 5.92 Å². The van der Waals surface area contributed by atoms with Gasteiger partial charge >= 0.3 is 5.97 Å². The van der Waals surface area contributed by atoms with Crippen molar-refractivity contribution < 1.29 is 24.9 Å². The number of hydrogen-bond donors (Lipinski definition) is 3. The highest BCUT2D eigenvalue weighted by Gasteiger charge is 2.49. The topological polar surface area (TPSA) is 87.0 Å². The van der Waals surface area contributed by atoms with Gasteiger partial charge < -0.3 is 20.1 Å². The minimum absolute atomic E-state index is 0.197. The van der Waals surface area contributed by atoms with Gasteiger partial charge in [-0.3, -0.25) is 4.79 Å². The second kappa shape index (κ2) is 16.4. The molecule has 0 amide bonds. The molecule has 5 heteroatoms. The first-order chi connectivity index (χ1) is 19.3. The van der Waals surface area contributed by atoms with E-state index in [1.807, 2.05) is 6.92 Å². The van der Waals surface area contributed by atoms with Crippen LogP contribution in [-0.4, -0.2) is 44.2 Å². The molecule has 0 aromatic carbocycles. The van der Waals surface area contributed by atoms with E-state index >= 15 is 0 Å². The Hall–Kier alpha value is -1.43. The maximum absolute atomic E-state index is 11.0. The van der Waals surface area contributed by atoms with Gasteiger partial charge in [0, 0.05) is 0 Å². The molecule has 236 valence electrons. The van der Waals surface area contributed by atoms with Crippen molar-refractivity contribution in [1.29, 1.82) is 0 Å². The fourth-order valence-electron chi connectivity index (χ4n) is 6.77. The summed E-state index contributed by atoms with van der Waals surface area (Å²) in [6, 6.07) is 0. The molecule has 1 saturated heterocycles.